The van der Waals surface area contributed by atoms with Gasteiger partial charge in [-0.1, -0.05) is 42.5 Å². The molecule has 3 heteroatoms. The summed E-state index contributed by atoms with van der Waals surface area (Å²) in [6.45, 7) is 0.566. The van der Waals surface area contributed by atoms with Gasteiger partial charge in [-0.3, -0.25) is 4.79 Å². The van der Waals surface area contributed by atoms with Crippen molar-refractivity contribution in [1.29, 1.82) is 0 Å². The average molecular weight is 310 g/mol. The highest BCUT2D eigenvalue weighted by Crippen LogP contribution is 2.40. The third kappa shape index (κ3) is 4.35. The minimum Gasteiger partial charge on any atom is -0.489 e. The zero-order chi connectivity index (χ0) is 16.1. The standard InChI is InChI=1S/C20H22O3/c21-20(22)12-16-9-10-18(11-16)17-7-4-8-19(13-17)23-14-15-5-2-1-3-6-15/h1-8,13,16,18H,9-12,14H2,(H,21,22). The second-order valence-corrected chi connectivity index (χ2v) is 6.32. The maximum atomic E-state index is 10.9. The smallest absolute Gasteiger partial charge is 0.303 e. The summed E-state index contributed by atoms with van der Waals surface area (Å²) in [6.07, 6.45) is 3.33. The molecule has 0 saturated heterocycles. The van der Waals surface area contributed by atoms with E-state index < -0.39 is 5.97 Å². The number of carboxylic acid groups (broad SMARTS) is 1. The molecule has 0 amide bonds. The summed E-state index contributed by atoms with van der Waals surface area (Å²) in [6, 6.07) is 18.4. The second-order valence-electron chi connectivity index (χ2n) is 6.32. The van der Waals surface area contributed by atoms with E-state index in [4.69, 9.17) is 9.84 Å². The Morgan fingerprint density at radius 2 is 1.91 bits per heavy atom. The van der Waals surface area contributed by atoms with Gasteiger partial charge in [0.05, 0.1) is 0 Å². The number of aliphatic carboxylic acids is 1. The molecule has 1 saturated carbocycles. The number of carboxylic acids is 1. The van der Waals surface area contributed by atoms with Crippen LogP contribution < -0.4 is 4.74 Å². The Hall–Kier alpha value is -2.29. The lowest BCUT2D eigenvalue weighted by molar-refractivity contribution is -0.138. The Balaban J connectivity index is 1.60. The number of rotatable bonds is 6. The minimum absolute atomic E-state index is 0.292. The van der Waals surface area contributed by atoms with Crippen molar-refractivity contribution in [2.75, 3.05) is 0 Å². The van der Waals surface area contributed by atoms with Crippen LogP contribution in [0.1, 0.15) is 42.7 Å². The third-order valence-corrected chi connectivity index (χ3v) is 4.58. The van der Waals surface area contributed by atoms with Crippen LogP contribution in [0.5, 0.6) is 5.75 Å². The van der Waals surface area contributed by atoms with Crippen molar-refractivity contribution in [3.05, 3.63) is 65.7 Å². The van der Waals surface area contributed by atoms with Gasteiger partial charge in [0.2, 0.25) is 0 Å². The molecule has 1 aliphatic carbocycles. The first kappa shape index (κ1) is 15.6. The molecule has 1 N–H and O–H groups in total. The van der Waals surface area contributed by atoms with Gasteiger partial charge in [0.1, 0.15) is 12.4 Å². The molecule has 1 aliphatic rings. The van der Waals surface area contributed by atoms with Crippen molar-refractivity contribution in [3.8, 4) is 5.75 Å². The van der Waals surface area contributed by atoms with Gasteiger partial charge in [-0.15, -0.1) is 0 Å². The van der Waals surface area contributed by atoms with Crippen molar-refractivity contribution in [3.63, 3.8) is 0 Å². The summed E-state index contributed by atoms with van der Waals surface area (Å²) < 4.78 is 5.89. The van der Waals surface area contributed by atoms with Crippen LogP contribution in [0.2, 0.25) is 0 Å². The van der Waals surface area contributed by atoms with E-state index in [1.807, 2.05) is 30.3 Å². The molecule has 0 heterocycles. The van der Waals surface area contributed by atoms with Crippen LogP contribution in [-0.4, -0.2) is 11.1 Å². The van der Waals surface area contributed by atoms with Crippen LogP contribution >= 0.6 is 0 Å². The zero-order valence-electron chi connectivity index (χ0n) is 13.2. The zero-order valence-corrected chi connectivity index (χ0v) is 13.2. The van der Waals surface area contributed by atoms with Crippen LogP contribution in [0.15, 0.2) is 54.6 Å². The second kappa shape index (κ2) is 7.32. The fourth-order valence-corrected chi connectivity index (χ4v) is 3.41. The van der Waals surface area contributed by atoms with Crippen molar-refractivity contribution in [2.24, 2.45) is 5.92 Å². The summed E-state index contributed by atoms with van der Waals surface area (Å²) in [5.41, 5.74) is 2.42. The van der Waals surface area contributed by atoms with E-state index in [1.165, 1.54) is 5.56 Å². The van der Waals surface area contributed by atoms with E-state index in [1.54, 1.807) is 0 Å². The third-order valence-electron chi connectivity index (χ3n) is 4.58. The topological polar surface area (TPSA) is 46.5 Å². The van der Waals surface area contributed by atoms with Crippen molar-refractivity contribution in [2.45, 2.75) is 38.2 Å². The molecule has 0 spiro atoms. The fraction of sp³-hybridized carbons (Fsp3) is 0.350. The molecule has 0 aliphatic heterocycles. The van der Waals surface area contributed by atoms with Gasteiger partial charge in [0.15, 0.2) is 0 Å². The number of ether oxygens (including phenoxy) is 1. The van der Waals surface area contributed by atoms with Crippen molar-refractivity contribution < 1.29 is 14.6 Å². The first-order chi connectivity index (χ1) is 11.2. The summed E-state index contributed by atoms with van der Waals surface area (Å²) in [4.78, 5) is 10.9. The van der Waals surface area contributed by atoms with Gasteiger partial charge < -0.3 is 9.84 Å². The lowest BCUT2D eigenvalue weighted by Crippen LogP contribution is -2.04. The van der Waals surface area contributed by atoms with Crippen LogP contribution in [0.3, 0.4) is 0 Å². The Kier molecular flexibility index (Phi) is 4.96. The fourth-order valence-electron chi connectivity index (χ4n) is 3.41. The van der Waals surface area contributed by atoms with E-state index >= 15 is 0 Å². The molecular formula is C20H22O3. The molecule has 0 bridgehead atoms. The SMILES string of the molecule is O=C(O)CC1CCC(c2cccc(OCc3ccccc3)c2)C1. The summed E-state index contributed by atoms with van der Waals surface area (Å²) in [5.74, 6) is 0.967. The highest BCUT2D eigenvalue weighted by Gasteiger charge is 2.27. The minimum atomic E-state index is -0.685. The quantitative estimate of drug-likeness (QED) is 0.846. The normalized spacial score (nSPS) is 20.3. The Morgan fingerprint density at radius 1 is 1.09 bits per heavy atom. The van der Waals surface area contributed by atoms with Crippen LogP contribution in [-0.2, 0) is 11.4 Å². The molecule has 120 valence electrons. The summed E-state index contributed by atoms with van der Waals surface area (Å²) >= 11 is 0. The monoisotopic (exact) mass is 310 g/mol. The lowest BCUT2D eigenvalue weighted by Gasteiger charge is -2.13. The van der Waals surface area contributed by atoms with Crippen molar-refractivity contribution in [1.82, 2.24) is 0 Å². The van der Waals surface area contributed by atoms with Crippen LogP contribution in [0, 0.1) is 5.92 Å². The molecule has 3 rings (SSSR count). The molecule has 0 aromatic heterocycles. The highest BCUT2D eigenvalue weighted by molar-refractivity contribution is 5.67. The molecule has 2 atom stereocenters. The molecule has 0 radical (unpaired) electrons. The number of benzene rings is 2. The highest BCUT2D eigenvalue weighted by atomic mass is 16.5. The largest absolute Gasteiger partial charge is 0.489 e. The van der Waals surface area contributed by atoms with Crippen LogP contribution in [0.25, 0.3) is 0 Å². The molecule has 2 aromatic rings. The van der Waals surface area contributed by atoms with E-state index in [0.29, 0.717) is 24.9 Å². The predicted octanol–water partition coefficient (Wildman–Crippen LogP) is 4.62. The molecule has 1 fully saturated rings. The Bertz CT molecular complexity index is 651. The Morgan fingerprint density at radius 3 is 2.70 bits per heavy atom. The van der Waals surface area contributed by atoms with Gasteiger partial charge in [0.25, 0.3) is 0 Å². The summed E-state index contributed by atoms with van der Waals surface area (Å²) in [5, 5.41) is 8.93. The molecule has 3 nitrogen and oxygen atoms in total. The van der Waals surface area contributed by atoms with Gasteiger partial charge >= 0.3 is 5.97 Å². The van der Waals surface area contributed by atoms with Gasteiger partial charge in [-0.25, -0.2) is 0 Å². The number of carbonyl (C=O) groups is 1. The van der Waals surface area contributed by atoms with Crippen LogP contribution in [0.4, 0.5) is 0 Å². The first-order valence-corrected chi connectivity index (χ1v) is 8.19. The van der Waals surface area contributed by atoms with E-state index in [9.17, 15) is 4.79 Å². The maximum absolute atomic E-state index is 10.9. The molecule has 23 heavy (non-hydrogen) atoms. The first-order valence-electron chi connectivity index (χ1n) is 8.19. The van der Waals surface area contributed by atoms with E-state index in [-0.39, 0.29) is 0 Å². The Labute approximate surface area is 136 Å². The lowest BCUT2D eigenvalue weighted by atomic mass is 9.95. The van der Waals surface area contributed by atoms with E-state index in [2.05, 4.69) is 24.3 Å². The van der Waals surface area contributed by atoms with Gasteiger partial charge in [-0.05, 0) is 54.4 Å². The van der Waals surface area contributed by atoms with Gasteiger partial charge in [0, 0.05) is 6.42 Å². The molecular weight excluding hydrogens is 288 g/mol. The number of hydrogen-bond donors (Lipinski definition) is 1. The maximum Gasteiger partial charge on any atom is 0.303 e. The van der Waals surface area contributed by atoms with Gasteiger partial charge in [-0.2, -0.15) is 0 Å². The van der Waals surface area contributed by atoms with Crippen molar-refractivity contribution >= 4 is 5.97 Å². The molecule has 2 unspecified atom stereocenters. The van der Waals surface area contributed by atoms with E-state index in [0.717, 1.165) is 30.6 Å². The summed E-state index contributed by atoms with van der Waals surface area (Å²) in [7, 11) is 0. The number of hydrogen-bond acceptors (Lipinski definition) is 2. The molecule has 2 aromatic carbocycles. The predicted molar refractivity (Wildman–Crippen MR) is 89.6 cm³/mol. The average Bonchev–Trinajstić information content (AvgIpc) is 3.02.